The van der Waals surface area contributed by atoms with E-state index in [1.54, 1.807) is 17.0 Å². The fourth-order valence-corrected chi connectivity index (χ4v) is 3.43. The number of fused-ring (bicyclic) bond motifs is 2. The van der Waals surface area contributed by atoms with Crippen LogP contribution < -0.4 is 0 Å². The number of ether oxygens (including phenoxy) is 1. The number of nitrogens with zero attached hydrogens (tertiary/aromatic N) is 1. The van der Waals surface area contributed by atoms with E-state index in [1.165, 1.54) is 12.0 Å². The van der Waals surface area contributed by atoms with Gasteiger partial charge in [0.1, 0.15) is 11.4 Å². The summed E-state index contributed by atoms with van der Waals surface area (Å²) in [5, 5.41) is 9.73. The molecule has 1 fully saturated rings. The van der Waals surface area contributed by atoms with Gasteiger partial charge in [-0.15, -0.1) is 0 Å². The smallest absolute Gasteiger partial charge is 0.410 e. The molecule has 1 aromatic rings. The Hall–Kier alpha value is -1.71. The first kappa shape index (κ1) is 14.2. The van der Waals surface area contributed by atoms with Crippen molar-refractivity contribution in [2.75, 3.05) is 6.54 Å². The Morgan fingerprint density at radius 1 is 1.33 bits per heavy atom. The van der Waals surface area contributed by atoms with Crippen LogP contribution in [-0.2, 0) is 16.7 Å². The molecule has 4 heteroatoms. The fraction of sp³-hybridized carbons (Fsp3) is 0.588. The first-order chi connectivity index (χ1) is 9.79. The molecule has 1 saturated carbocycles. The van der Waals surface area contributed by atoms with Gasteiger partial charge in [-0.3, -0.25) is 0 Å². The van der Waals surface area contributed by atoms with Gasteiger partial charge < -0.3 is 14.7 Å². The molecule has 4 nitrogen and oxygen atoms in total. The van der Waals surface area contributed by atoms with Crippen molar-refractivity contribution in [2.45, 2.75) is 57.6 Å². The van der Waals surface area contributed by atoms with Crippen molar-refractivity contribution in [3.05, 3.63) is 29.3 Å². The number of phenolic OH excluding ortho intramolecular Hbond substituents is 1. The summed E-state index contributed by atoms with van der Waals surface area (Å²) in [6.07, 6.45) is 3.14. The van der Waals surface area contributed by atoms with Crippen LogP contribution in [0.25, 0.3) is 0 Å². The van der Waals surface area contributed by atoms with E-state index < -0.39 is 5.60 Å². The minimum atomic E-state index is -0.483. The molecule has 1 aliphatic carbocycles. The molecule has 114 valence electrons. The van der Waals surface area contributed by atoms with Gasteiger partial charge in [-0.2, -0.15) is 0 Å². The first-order valence-corrected chi connectivity index (χ1v) is 7.59. The highest BCUT2D eigenvalue weighted by Gasteiger charge is 2.46. The van der Waals surface area contributed by atoms with Crippen LogP contribution >= 0.6 is 0 Å². The Morgan fingerprint density at radius 3 is 2.62 bits per heavy atom. The topological polar surface area (TPSA) is 49.8 Å². The Morgan fingerprint density at radius 2 is 2.05 bits per heavy atom. The number of carbonyl (C=O) groups is 1. The lowest BCUT2D eigenvalue weighted by Crippen LogP contribution is -2.52. The van der Waals surface area contributed by atoms with Crippen molar-refractivity contribution < 1.29 is 14.6 Å². The maximum atomic E-state index is 12.4. The lowest BCUT2D eigenvalue weighted by atomic mass is 9.61. The largest absolute Gasteiger partial charge is 0.508 e. The monoisotopic (exact) mass is 289 g/mol. The molecule has 1 amide bonds. The van der Waals surface area contributed by atoms with E-state index in [-0.39, 0.29) is 17.3 Å². The third kappa shape index (κ3) is 2.59. The lowest BCUT2D eigenvalue weighted by Gasteiger charge is -2.49. The number of carbonyl (C=O) groups excluding carboxylic acids is 1. The molecule has 1 spiro atoms. The summed E-state index contributed by atoms with van der Waals surface area (Å²) >= 11 is 0. The third-order valence-corrected chi connectivity index (χ3v) is 4.48. The van der Waals surface area contributed by atoms with Crippen LogP contribution in [0, 0.1) is 0 Å². The maximum absolute atomic E-state index is 12.4. The zero-order valence-electron chi connectivity index (χ0n) is 13.0. The summed E-state index contributed by atoms with van der Waals surface area (Å²) in [4.78, 5) is 14.2. The Balaban J connectivity index is 1.89. The second-order valence-corrected chi connectivity index (χ2v) is 7.31. The van der Waals surface area contributed by atoms with Crippen LogP contribution in [0.15, 0.2) is 18.2 Å². The zero-order chi connectivity index (χ0) is 15.3. The van der Waals surface area contributed by atoms with Crippen molar-refractivity contribution in [2.24, 2.45) is 0 Å². The minimum absolute atomic E-state index is 0.0676. The predicted molar refractivity (Wildman–Crippen MR) is 80.3 cm³/mol. The van der Waals surface area contributed by atoms with Crippen LogP contribution in [0.4, 0.5) is 4.79 Å². The van der Waals surface area contributed by atoms with E-state index in [2.05, 4.69) is 0 Å². The van der Waals surface area contributed by atoms with E-state index >= 15 is 0 Å². The van der Waals surface area contributed by atoms with E-state index in [4.69, 9.17) is 4.74 Å². The zero-order valence-corrected chi connectivity index (χ0v) is 13.0. The van der Waals surface area contributed by atoms with Gasteiger partial charge >= 0.3 is 6.09 Å². The Kier molecular flexibility index (Phi) is 3.15. The Labute approximate surface area is 125 Å². The highest BCUT2D eigenvalue weighted by molar-refractivity contribution is 5.69. The molecule has 2 aliphatic rings. The molecule has 1 heterocycles. The van der Waals surface area contributed by atoms with Crippen LogP contribution in [0.5, 0.6) is 5.75 Å². The van der Waals surface area contributed by atoms with Crippen LogP contribution in [0.3, 0.4) is 0 Å². The van der Waals surface area contributed by atoms with Crippen molar-refractivity contribution in [3.8, 4) is 5.75 Å². The van der Waals surface area contributed by atoms with Gasteiger partial charge in [0.05, 0.1) is 0 Å². The van der Waals surface area contributed by atoms with E-state index in [9.17, 15) is 9.90 Å². The van der Waals surface area contributed by atoms with Gasteiger partial charge in [-0.05, 0) is 56.9 Å². The summed E-state index contributed by atoms with van der Waals surface area (Å²) in [6, 6.07) is 5.56. The van der Waals surface area contributed by atoms with E-state index in [1.807, 2.05) is 26.8 Å². The van der Waals surface area contributed by atoms with Gasteiger partial charge in [-0.25, -0.2) is 4.79 Å². The van der Waals surface area contributed by atoms with Gasteiger partial charge in [0, 0.05) is 18.5 Å². The minimum Gasteiger partial charge on any atom is -0.508 e. The van der Waals surface area contributed by atoms with E-state index in [0.29, 0.717) is 6.54 Å². The highest BCUT2D eigenvalue weighted by Crippen LogP contribution is 2.48. The average molecular weight is 289 g/mol. The fourth-order valence-electron chi connectivity index (χ4n) is 3.43. The van der Waals surface area contributed by atoms with Crippen LogP contribution in [0.1, 0.15) is 51.2 Å². The summed E-state index contributed by atoms with van der Waals surface area (Å²) in [5.41, 5.74) is 1.93. The molecule has 0 saturated heterocycles. The number of hydrogen-bond acceptors (Lipinski definition) is 3. The quantitative estimate of drug-likeness (QED) is 0.794. The third-order valence-electron chi connectivity index (χ3n) is 4.48. The standard InChI is InChI=1S/C17H23NO3/c1-16(2,3)21-15(20)18-10-12-9-13(19)5-6-14(12)17(11-18)7-4-8-17/h5-6,9,19H,4,7-8,10-11H2,1-3H3. The second-order valence-electron chi connectivity index (χ2n) is 7.31. The number of hydrogen-bond donors (Lipinski definition) is 1. The highest BCUT2D eigenvalue weighted by atomic mass is 16.6. The molecule has 1 aromatic carbocycles. The molecule has 0 radical (unpaired) electrons. The Bertz CT molecular complexity index is 570. The van der Waals surface area contributed by atoms with Gasteiger partial charge in [-0.1, -0.05) is 12.5 Å². The molecular formula is C17H23NO3. The number of aromatic hydroxyl groups is 1. The summed E-state index contributed by atoms with van der Waals surface area (Å²) < 4.78 is 5.51. The first-order valence-electron chi connectivity index (χ1n) is 7.59. The van der Waals surface area contributed by atoms with Crippen molar-refractivity contribution in [1.82, 2.24) is 4.90 Å². The summed E-state index contributed by atoms with van der Waals surface area (Å²) in [7, 11) is 0. The van der Waals surface area contributed by atoms with Gasteiger partial charge in [0.15, 0.2) is 0 Å². The molecule has 21 heavy (non-hydrogen) atoms. The van der Waals surface area contributed by atoms with Crippen LogP contribution in [-0.4, -0.2) is 28.2 Å². The maximum Gasteiger partial charge on any atom is 0.410 e. The van der Waals surface area contributed by atoms with Crippen molar-refractivity contribution in [3.63, 3.8) is 0 Å². The summed E-state index contributed by atoms with van der Waals surface area (Å²) in [5.74, 6) is 0.259. The van der Waals surface area contributed by atoms with Gasteiger partial charge in [0.25, 0.3) is 0 Å². The molecule has 0 aromatic heterocycles. The molecule has 1 aliphatic heterocycles. The number of rotatable bonds is 0. The SMILES string of the molecule is CC(C)(C)OC(=O)N1Cc2cc(O)ccc2C2(CCC2)C1. The molecule has 0 atom stereocenters. The second kappa shape index (κ2) is 4.65. The normalized spacial score (nSPS) is 19.9. The molecule has 3 rings (SSSR count). The molecule has 0 unspecified atom stereocenters. The molecule has 1 N–H and O–H groups in total. The number of benzene rings is 1. The molecular weight excluding hydrogens is 266 g/mol. The van der Waals surface area contributed by atoms with Crippen molar-refractivity contribution >= 4 is 6.09 Å². The predicted octanol–water partition coefficient (Wildman–Crippen LogP) is 3.56. The van der Waals surface area contributed by atoms with E-state index in [0.717, 1.165) is 24.9 Å². The van der Waals surface area contributed by atoms with Crippen molar-refractivity contribution in [1.29, 1.82) is 0 Å². The number of phenols is 1. The van der Waals surface area contributed by atoms with Gasteiger partial charge in [0.2, 0.25) is 0 Å². The lowest BCUT2D eigenvalue weighted by molar-refractivity contribution is 0.00979. The summed E-state index contributed by atoms with van der Waals surface area (Å²) in [6.45, 7) is 6.88. The number of amides is 1. The molecule has 0 bridgehead atoms. The average Bonchev–Trinajstić information content (AvgIpc) is 2.32. The van der Waals surface area contributed by atoms with Crippen LogP contribution in [0.2, 0.25) is 0 Å².